The van der Waals surface area contributed by atoms with Crippen LogP contribution in [0.2, 0.25) is 0 Å². The van der Waals surface area contributed by atoms with Crippen molar-refractivity contribution in [3.8, 4) is 0 Å². The summed E-state index contributed by atoms with van der Waals surface area (Å²) in [6, 6.07) is 0. The largest absolute Gasteiger partial charge is 0.405 e. The SMILES string of the molecule is CCN(CC(F)(F)F)c1c(CCl)c(C)nn1C. The summed E-state index contributed by atoms with van der Waals surface area (Å²) < 4.78 is 38.8. The quantitative estimate of drug-likeness (QED) is 0.784. The smallest absolute Gasteiger partial charge is 0.348 e. The van der Waals surface area contributed by atoms with E-state index < -0.39 is 12.7 Å². The number of alkyl halides is 4. The molecule has 17 heavy (non-hydrogen) atoms. The van der Waals surface area contributed by atoms with Crippen molar-refractivity contribution in [2.24, 2.45) is 7.05 Å². The summed E-state index contributed by atoms with van der Waals surface area (Å²) in [7, 11) is 1.62. The topological polar surface area (TPSA) is 21.1 Å². The molecule has 0 N–H and O–H groups in total. The third kappa shape index (κ3) is 3.28. The van der Waals surface area contributed by atoms with Crippen LogP contribution in [0.1, 0.15) is 18.2 Å². The second kappa shape index (κ2) is 5.16. The van der Waals surface area contributed by atoms with E-state index in [1.165, 1.54) is 9.58 Å². The Morgan fingerprint density at radius 1 is 1.41 bits per heavy atom. The van der Waals surface area contributed by atoms with E-state index in [1.54, 1.807) is 20.9 Å². The fourth-order valence-corrected chi connectivity index (χ4v) is 2.11. The molecule has 0 aromatic carbocycles. The molecule has 0 radical (unpaired) electrons. The summed E-state index contributed by atoms with van der Waals surface area (Å²) in [5.74, 6) is 0.598. The Labute approximate surface area is 103 Å². The van der Waals surface area contributed by atoms with Crippen LogP contribution in [0.3, 0.4) is 0 Å². The van der Waals surface area contributed by atoms with Crippen molar-refractivity contribution in [3.63, 3.8) is 0 Å². The zero-order chi connectivity index (χ0) is 13.2. The van der Waals surface area contributed by atoms with Gasteiger partial charge in [0.1, 0.15) is 12.4 Å². The lowest BCUT2D eigenvalue weighted by molar-refractivity contribution is -0.119. The number of nitrogens with zero attached hydrogens (tertiary/aromatic N) is 3. The van der Waals surface area contributed by atoms with Crippen LogP contribution in [0.15, 0.2) is 0 Å². The highest BCUT2D eigenvalue weighted by Crippen LogP contribution is 2.27. The number of hydrogen-bond donors (Lipinski definition) is 0. The van der Waals surface area contributed by atoms with Crippen LogP contribution < -0.4 is 4.90 Å². The molecule has 0 fully saturated rings. The van der Waals surface area contributed by atoms with Crippen molar-refractivity contribution in [2.45, 2.75) is 25.9 Å². The van der Waals surface area contributed by atoms with Gasteiger partial charge in [-0.1, -0.05) is 0 Å². The Bertz CT molecular complexity index is 387. The third-order valence-corrected chi connectivity index (χ3v) is 2.77. The molecule has 98 valence electrons. The van der Waals surface area contributed by atoms with E-state index in [-0.39, 0.29) is 12.4 Å². The average molecular weight is 270 g/mol. The molecule has 1 aromatic heterocycles. The van der Waals surface area contributed by atoms with Gasteiger partial charge in [0.15, 0.2) is 0 Å². The van der Waals surface area contributed by atoms with Crippen molar-refractivity contribution in [3.05, 3.63) is 11.3 Å². The molecule has 0 atom stereocenters. The number of anilines is 1. The zero-order valence-corrected chi connectivity index (χ0v) is 10.7. The van der Waals surface area contributed by atoms with E-state index in [1.807, 2.05) is 0 Å². The fourth-order valence-electron chi connectivity index (χ4n) is 1.79. The monoisotopic (exact) mass is 269 g/mol. The van der Waals surface area contributed by atoms with E-state index in [4.69, 9.17) is 11.6 Å². The van der Waals surface area contributed by atoms with E-state index >= 15 is 0 Å². The molecule has 0 amide bonds. The van der Waals surface area contributed by atoms with Gasteiger partial charge in [0, 0.05) is 19.2 Å². The summed E-state index contributed by atoms with van der Waals surface area (Å²) in [4.78, 5) is 1.23. The van der Waals surface area contributed by atoms with Gasteiger partial charge in [0.25, 0.3) is 0 Å². The predicted molar refractivity (Wildman–Crippen MR) is 61.4 cm³/mol. The van der Waals surface area contributed by atoms with E-state index in [0.717, 1.165) is 0 Å². The molecule has 0 spiro atoms. The molecule has 0 aliphatic rings. The summed E-state index contributed by atoms with van der Waals surface area (Å²) in [6.07, 6.45) is -4.24. The first-order valence-electron chi connectivity index (χ1n) is 5.20. The highest BCUT2D eigenvalue weighted by Gasteiger charge is 2.32. The molecule has 0 bridgehead atoms. The Hall–Kier alpha value is -0.910. The molecule has 0 saturated heterocycles. The van der Waals surface area contributed by atoms with Gasteiger partial charge in [0.2, 0.25) is 0 Å². The van der Waals surface area contributed by atoms with Crippen LogP contribution in [0, 0.1) is 6.92 Å². The molecule has 0 aliphatic carbocycles. The molecular formula is C10H15ClF3N3. The molecule has 1 aromatic rings. The predicted octanol–water partition coefficient (Wildman–Crippen LogP) is 2.86. The van der Waals surface area contributed by atoms with Crippen molar-refractivity contribution in [2.75, 3.05) is 18.0 Å². The minimum atomic E-state index is -4.24. The van der Waals surface area contributed by atoms with E-state index in [9.17, 15) is 13.2 Å². The maximum atomic E-state index is 12.4. The first-order chi connectivity index (χ1) is 7.80. The minimum Gasteiger partial charge on any atom is -0.348 e. The lowest BCUT2D eigenvalue weighted by Gasteiger charge is -2.25. The minimum absolute atomic E-state index is 0.156. The van der Waals surface area contributed by atoms with Crippen molar-refractivity contribution in [1.82, 2.24) is 9.78 Å². The highest BCUT2D eigenvalue weighted by molar-refractivity contribution is 6.17. The van der Waals surface area contributed by atoms with Crippen molar-refractivity contribution >= 4 is 17.4 Å². The van der Waals surface area contributed by atoms with Gasteiger partial charge in [-0.05, 0) is 13.8 Å². The van der Waals surface area contributed by atoms with Crippen LogP contribution in [0.25, 0.3) is 0 Å². The first-order valence-corrected chi connectivity index (χ1v) is 5.73. The molecule has 1 heterocycles. The average Bonchev–Trinajstić information content (AvgIpc) is 2.48. The normalized spacial score (nSPS) is 11.9. The lowest BCUT2D eigenvalue weighted by atomic mass is 10.2. The standard InChI is InChI=1S/C10H15ClF3N3/c1-4-17(6-10(12,13)14)9-8(5-11)7(2)15-16(9)3/h4-6H2,1-3H3. The summed E-state index contributed by atoms with van der Waals surface area (Å²) >= 11 is 5.76. The Morgan fingerprint density at radius 3 is 2.41 bits per heavy atom. The summed E-state index contributed by atoms with van der Waals surface area (Å²) in [5.41, 5.74) is 1.32. The van der Waals surface area contributed by atoms with Crippen LogP contribution >= 0.6 is 11.6 Å². The summed E-state index contributed by atoms with van der Waals surface area (Å²) in [5, 5.41) is 4.10. The van der Waals surface area contributed by atoms with Gasteiger partial charge >= 0.3 is 6.18 Å². The maximum absolute atomic E-state index is 12.4. The van der Waals surface area contributed by atoms with Gasteiger partial charge < -0.3 is 4.90 Å². The van der Waals surface area contributed by atoms with Crippen LogP contribution in [0.4, 0.5) is 19.0 Å². The Morgan fingerprint density at radius 2 is 2.00 bits per heavy atom. The number of halogens is 4. The van der Waals surface area contributed by atoms with Gasteiger partial charge in [-0.2, -0.15) is 18.3 Å². The third-order valence-electron chi connectivity index (χ3n) is 2.50. The number of hydrogen-bond acceptors (Lipinski definition) is 2. The van der Waals surface area contributed by atoms with Gasteiger partial charge in [-0.25, -0.2) is 0 Å². The Balaban J connectivity index is 3.11. The second-order valence-corrected chi connectivity index (χ2v) is 4.04. The molecule has 0 saturated carbocycles. The Kier molecular flexibility index (Phi) is 4.30. The van der Waals surface area contributed by atoms with Gasteiger partial charge in [-0.3, -0.25) is 4.68 Å². The maximum Gasteiger partial charge on any atom is 0.405 e. The van der Waals surface area contributed by atoms with Crippen LogP contribution in [-0.4, -0.2) is 29.0 Å². The first kappa shape index (κ1) is 14.2. The van der Waals surface area contributed by atoms with Crippen molar-refractivity contribution in [1.29, 1.82) is 0 Å². The highest BCUT2D eigenvalue weighted by atomic mass is 35.5. The van der Waals surface area contributed by atoms with Crippen LogP contribution in [-0.2, 0) is 12.9 Å². The second-order valence-electron chi connectivity index (χ2n) is 3.77. The fraction of sp³-hybridized carbons (Fsp3) is 0.700. The molecular weight excluding hydrogens is 255 g/mol. The van der Waals surface area contributed by atoms with Gasteiger partial charge in [0.05, 0.1) is 11.6 Å². The summed E-state index contributed by atoms with van der Waals surface area (Å²) in [6.45, 7) is 2.67. The van der Waals surface area contributed by atoms with E-state index in [2.05, 4.69) is 5.10 Å². The molecule has 0 unspecified atom stereocenters. The number of aryl methyl sites for hydroxylation is 2. The molecule has 3 nitrogen and oxygen atoms in total. The zero-order valence-electron chi connectivity index (χ0n) is 9.97. The lowest BCUT2D eigenvalue weighted by Crippen LogP contribution is -2.35. The molecule has 1 rings (SSSR count). The van der Waals surface area contributed by atoms with E-state index in [0.29, 0.717) is 17.1 Å². The number of rotatable bonds is 4. The number of aromatic nitrogens is 2. The van der Waals surface area contributed by atoms with Crippen molar-refractivity contribution < 1.29 is 13.2 Å². The van der Waals surface area contributed by atoms with Crippen LogP contribution in [0.5, 0.6) is 0 Å². The molecule has 0 aliphatic heterocycles. The molecule has 7 heteroatoms. The van der Waals surface area contributed by atoms with Gasteiger partial charge in [-0.15, -0.1) is 11.6 Å².